The summed E-state index contributed by atoms with van der Waals surface area (Å²) in [5, 5.41) is 7.49. The van der Waals surface area contributed by atoms with Gasteiger partial charge in [-0.1, -0.05) is 91.0 Å². The molecule has 0 saturated heterocycles. The van der Waals surface area contributed by atoms with Gasteiger partial charge in [0, 0.05) is 47.3 Å². The molecule has 0 aliphatic rings. The van der Waals surface area contributed by atoms with Crippen LogP contribution in [0.4, 0.5) is 0 Å². The second kappa shape index (κ2) is 7.83. The highest BCUT2D eigenvalue weighted by Crippen LogP contribution is 2.46. The summed E-state index contributed by atoms with van der Waals surface area (Å²) in [6.07, 6.45) is 0. The zero-order valence-corrected chi connectivity index (χ0v) is 21.7. The minimum Gasteiger partial charge on any atom is -0.456 e. The van der Waals surface area contributed by atoms with Gasteiger partial charge in [0.05, 0.1) is 16.7 Å². The van der Waals surface area contributed by atoms with E-state index < -0.39 is 0 Å². The summed E-state index contributed by atoms with van der Waals surface area (Å²) in [5.74, 6) is 0. The summed E-state index contributed by atoms with van der Waals surface area (Å²) < 4.78 is 11.3. The van der Waals surface area contributed by atoms with E-state index in [1.54, 1.807) is 0 Å². The molecule has 0 aliphatic heterocycles. The Kier molecular flexibility index (Phi) is 4.24. The van der Waals surface area contributed by atoms with Crippen LogP contribution in [0, 0.1) is 0 Å². The van der Waals surface area contributed by atoms with Gasteiger partial charge in [-0.15, -0.1) is 11.3 Å². The lowest BCUT2D eigenvalue weighted by Gasteiger charge is -2.10. The fourth-order valence-corrected chi connectivity index (χ4v) is 7.66. The molecule has 0 amide bonds. The molecule has 2 nitrogen and oxygen atoms in total. The molecule has 0 bridgehead atoms. The highest BCUT2D eigenvalue weighted by Gasteiger charge is 2.19. The molecule has 0 spiro atoms. The zero-order valence-electron chi connectivity index (χ0n) is 20.9. The van der Waals surface area contributed by atoms with E-state index in [2.05, 4.69) is 126 Å². The van der Waals surface area contributed by atoms with Crippen LogP contribution in [0.3, 0.4) is 0 Å². The molecule has 6 aromatic carbocycles. The monoisotopic (exact) mass is 515 g/mol. The molecule has 9 aromatic rings. The van der Waals surface area contributed by atoms with Crippen LogP contribution in [0.2, 0.25) is 0 Å². The predicted octanol–water partition coefficient (Wildman–Crippen LogP) is 10.7. The maximum Gasteiger partial charge on any atom is 0.136 e. The number of para-hydroxylation sites is 3. The zero-order chi connectivity index (χ0) is 25.5. The van der Waals surface area contributed by atoms with E-state index in [0.29, 0.717) is 0 Å². The summed E-state index contributed by atoms with van der Waals surface area (Å²) in [7, 11) is 0. The lowest BCUT2D eigenvalue weighted by atomic mass is 9.97. The van der Waals surface area contributed by atoms with Crippen molar-refractivity contribution < 1.29 is 4.42 Å². The topological polar surface area (TPSA) is 18.1 Å². The minimum absolute atomic E-state index is 0.928. The van der Waals surface area contributed by atoms with Gasteiger partial charge in [0.1, 0.15) is 11.2 Å². The minimum atomic E-state index is 0.928. The molecule has 0 saturated carbocycles. The standard InChI is InChI=1S/C36H21NOS/c1-4-16-28-22(10-1)23-11-2-5-17-29(23)37(28)30-18-9-21-33-35(30)27-15-7-14-25(36(27)39-33)24-13-8-20-32-34(24)26-12-3-6-19-31(26)38-32/h1-21H. The largest absolute Gasteiger partial charge is 0.456 e. The van der Waals surface area contributed by atoms with E-state index in [9.17, 15) is 0 Å². The second-order valence-electron chi connectivity index (χ2n) is 10.1. The smallest absolute Gasteiger partial charge is 0.136 e. The molecular weight excluding hydrogens is 494 g/mol. The summed E-state index contributed by atoms with van der Waals surface area (Å²) in [5.41, 5.74) is 8.01. The number of benzene rings is 6. The lowest BCUT2D eigenvalue weighted by molar-refractivity contribution is 0.669. The molecule has 3 heteroatoms. The van der Waals surface area contributed by atoms with Crippen molar-refractivity contribution in [2.75, 3.05) is 0 Å². The molecular formula is C36H21NOS. The first-order chi connectivity index (χ1) is 19.4. The number of aromatic nitrogens is 1. The third kappa shape index (κ3) is 2.85. The van der Waals surface area contributed by atoms with E-state index in [1.165, 1.54) is 64.2 Å². The Labute approximate surface area is 227 Å². The Bertz CT molecular complexity index is 2350. The normalized spacial score (nSPS) is 12.1. The van der Waals surface area contributed by atoms with Crippen molar-refractivity contribution in [2.24, 2.45) is 0 Å². The molecule has 3 aromatic heterocycles. The number of hydrogen-bond donors (Lipinski definition) is 0. The third-order valence-electron chi connectivity index (χ3n) is 8.01. The van der Waals surface area contributed by atoms with Crippen molar-refractivity contribution in [2.45, 2.75) is 0 Å². The first kappa shape index (κ1) is 21.1. The van der Waals surface area contributed by atoms with Crippen LogP contribution in [0.5, 0.6) is 0 Å². The number of nitrogens with zero attached hydrogens (tertiary/aromatic N) is 1. The summed E-state index contributed by atoms with van der Waals surface area (Å²) in [6.45, 7) is 0. The van der Waals surface area contributed by atoms with Crippen molar-refractivity contribution >= 4 is 75.3 Å². The average molecular weight is 516 g/mol. The second-order valence-corrected chi connectivity index (χ2v) is 11.1. The molecule has 0 unspecified atom stereocenters. The van der Waals surface area contributed by atoms with Crippen molar-refractivity contribution in [3.05, 3.63) is 127 Å². The lowest BCUT2D eigenvalue weighted by Crippen LogP contribution is -1.94. The molecule has 0 N–H and O–H groups in total. The summed E-state index contributed by atoms with van der Waals surface area (Å²) >= 11 is 1.88. The van der Waals surface area contributed by atoms with Gasteiger partial charge >= 0.3 is 0 Å². The fraction of sp³-hybridized carbons (Fsp3) is 0. The average Bonchev–Trinajstić information content (AvgIpc) is 3.66. The SMILES string of the molecule is c1ccc2c(c1)oc1cccc(-c3cccc4c3sc3cccc(-n5c6ccccc6c6ccccc65)c34)c12. The third-order valence-corrected chi connectivity index (χ3v) is 9.22. The van der Waals surface area contributed by atoms with E-state index in [-0.39, 0.29) is 0 Å². The molecule has 39 heavy (non-hydrogen) atoms. The van der Waals surface area contributed by atoms with Gasteiger partial charge in [-0.3, -0.25) is 0 Å². The van der Waals surface area contributed by atoms with Crippen LogP contribution in [0.15, 0.2) is 132 Å². The number of fused-ring (bicyclic) bond motifs is 9. The van der Waals surface area contributed by atoms with E-state index in [4.69, 9.17) is 4.42 Å². The molecule has 0 fully saturated rings. The van der Waals surface area contributed by atoms with E-state index in [0.717, 1.165) is 16.6 Å². The van der Waals surface area contributed by atoms with Crippen molar-refractivity contribution in [3.63, 3.8) is 0 Å². The van der Waals surface area contributed by atoms with Gasteiger partial charge in [-0.05, 0) is 42.0 Å². The Morgan fingerprint density at radius 1 is 0.462 bits per heavy atom. The van der Waals surface area contributed by atoms with Crippen LogP contribution < -0.4 is 0 Å². The molecule has 3 heterocycles. The van der Waals surface area contributed by atoms with Gasteiger partial charge in [0.2, 0.25) is 0 Å². The number of furan rings is 1. The quantitative estimate of drug-likeness (QED) is 0.224. The van der Waals surface area contributed by atoms with Crippen LogP contribution in [-0.4, -0.2) is 4.57 Å². The Balaban J connectivity index is 1.40. The van der Waals surface area contributed by atoms with Crippen molar-refractivity contribution in [3.8, 4) is 16.8 Å². The van der Waals surface area contributed by atoms with Crippen molar-refractivity contribution in [1.82, 2.24) is 4.57 Å². The van der Waals surface area contributed by atoms with Crippen molar-refractivity contribution in [1.29, 1.82) is 0 Å². The van der Waals surface area contributed by atoms with E-state index in [1.807, 2.05) is 17.4 Å². The Morgan fingerprint density at radius 2 is 1.08 bits per heavy atom. The maximum atomic E-state index is 6.24. The maximum absolute atomic E-state index is 6.24. The molecule has 182 valence electrons. The first-order valence-corrected chi connectivity index (χ1v) is 14.0. The van der Waals surface area contributed by atoms with E-state index >= 15 is 0 Å². The molecule has 9 rings (SSSR count). The molecule has 0 radical (unpaired) electrons. The highest BCUT2D eigenvalue weighted by molar-refractivity contribution is 7.26. The van der Waals surface area contributed by atoms with Gasteiger partial charge in [0.25, 0.3) is 0 Å². The summed E-state index contributed by atoms with van der Waals surface area (Å²) in [6, 6.07) is 45.7. The first-order valence-electron chi connectivity index (χ1n) is 13.2. The number of rotatable bonds is 2. The van der Waals surface area contributed by atoms with Crippen LogP contribution in [0.1, 0.15) is 0 Å². The number of thiophene rings is 1. The van der Waals surface area contributed by atoms with Crippen LogP contribution in [0.25, 0.3) is 80.7 Å². The van der Waals surface area contributed by atoms with Gasteiger partial charge < -0.3 is 8.98 Å². The molecule has 0 atom stereocenters. The van der Waals surface area contributed by atoms with Gasteiger partial charge in [-0.25, -0.2) is 0 Å². The fourth-order valence-electron chi connectivity index (χ4n) is 6.41. The summed E-state index contributed by atoms with van der Waals surface area (Å²) in [4.78, 5) is 0. The highest BCUT2D eigenvalue weighted by atomic mass is 32.1. The van der Waals surface area contributed by atoms with Gasteiger partial charge in [-0.2, -0.15) is 0 Å². The van der Waals surface area contributed by atoms with Gasteiger partial charge in [0.15, 0.2) is 0 Å². The number of hydrogen-bond acceptors (Lipinski definition) is 2. The van der Waals surface area contributed by atoms with Crippen LogP contribution in [-0.2, 0) is 0 Å². The Hall–Kier alpha value is -4.86. The molecule has 0 aliphatic carbocycles. The Morgan fingerprint density at radius 3 is 1.90 bits per heavy atom. The predicted molar refractivity (Wildman–Crippen MR) is 166 cm³/mol. The van der Waals surface area contributed by atoms with Crippen LogP contribution >= 0.6 is 11.3 Å².